The SMILES string of the molecule is CN1C[C@@H](NC(=O)C2(C)COC2)CC[C@@H](C(=O)NCc2ccc3sccc3c2)C1. The van der Waals surface area contributed by atoms with E-state index in [-0.39, 0.29) is 23.8 Å². The number of amides is 2. The van der Waals surface area contributed by atoms with Crippen LogP contribution >= 0.6 is 11.3 Å². The molecule has 2 aliphatic heterocycles. The summed E-state index contributed by atoms with van der Waals surface area (Å²) in [6.45, 7) is 4.94. The van der Waals surface area contributed by atoms with Gasteiger partial charge in [0, 0.05) is 30.4 Å². The number of nitrogens with zero attached hydrogens (tertiary/aromatic N) is 1. The first kappa shape index (κ1) is 20.3. The van der Waals surface area contributed by atoms with Crippen LogP contribution in [0, 0.1) is 11.3 Å². The fraction of sp³-hybridized carbons (Fsp3) is 0.545. The summed E-state index contributed by atoms with van der Waals surface area (Å²) in [5, 5.41) is 9.59. The van der Waals surface area contributed by atoms with Gasteiger partial charge in [-0.2, -0.15) is 0 Å². The summed E-state index contributed by atoms with van der Waals surface area (Å²) in [7, 11) is 2.02. The fourth-order valence-electron chi connectivity index (χ4n) is 4.10. The highest BCUT2D eigenvalue weighted by Gasteiger charge is 2.42. The summed E-state index contributed by atoms with van der Waals surface area (Å²) in [5.74, 6) is 0.0943. The van der Waals surface area contributed by atoms with E-state index in [4.69, 9.17) is 4.74 Å². The highest BCUT2D eigenvalue weighted by molar-refractivity contribution is 7.17. The molecule has 2 aliphatic rings. The lowest BCUT2D eigenvalue weighted by Crippen LogP contribution is -2.55. The molecule has 4 rings (SSSR count). The second kappa shape index (κ2) is 8.42. The van der Waals surface area contributed by atoms with Crippen molar-refractivity contribution in [3.63, 3.8) is 0 Å². The molecule has 7 heteroatoms. The molecule has 0 aliphatic carbocycles. The molecule has 0 radical (unpaired) electrons. The lowest BCUT2D eigenvalue weighted by Gasteiger charge is -2.37. The lowest BCUT2D eigenvalue weighted by molar-refractivity contribution is -0.158. The van der Waals surface area contributed by atoms with E-state index in [1.54, 1.807) is 11.3 Å². The molecule has 2 saturated heterocycles. The molecule has 2 N–H and O–H groups in total. The van der Waals surface area contributed by atoms with E-state index in [2.05, 4.69) is 45.2 Å². The Labute approximate surface area is 175 Å². The van der Waals surface area contributed by atoms with Crippen LogP contribution in [0.3, 0.4) is 0 Å². The van der Waals surface area contributed by atoms with E-state index in [1.807, 2.05) is 14.0 Å². The van der Waals surface area contributed by atoms with Crippen LogP contribution in [-0.2, 0) is 20.9 Å². The van der Waals surface area contributed by atoms with E-state index in [0.29, 0.717) is 26.3 Å². The highest BCUT2D eigenvalue weighted by Crippen LogP contribution is 2.27. The molecule has 0 saturated carbocycles. The Balaban J connectivity index is 1.30. The highest BCUT2D eigenvalue weighted by atomic mass is 32.1. The zero-order valence-electron chi connectivity index (χ0n) is 17.1. The van der Waals surface area contributed by atoms with Crippen molar-refractivity contribution >= 4 is 33.2 Å². The minimum absolute atomic E-state index is 0.0607. The predicted octanol–water partition coefficient (Wildman–Crippen LogP) is 2.38. The second-order valence-corrected chi connectivity index (χ2v) is 9.68. The predicted molar refractivity (Wildman–Crippen MR) is 115 cm³/mol. The molecule has 0 bridgehead atoms. The van der Waals surface area contributed by atoms with Gasteiger partial charge in [0.15, 0.2) is 0 Å². The number of carbonyl (C=O) groups excluding carboxylic acids is 2. The number of nitrogens with one attached hydrogen (secondary N) is 2. The maximum Gasteiger partial charge on any atom is 0.230 e. The average Bonchev–Trinajstić information content (AvgIpc) is 3.06. The van der Waals surface area contributed by atoms with E-state index < -0.39 is 5.41 Å². The average molecular weight is 416 g/mol. The quantitative estimate of drug-likeness (QED) is 0.787. The van der Waals surface area contributed by atoms with Crippen molar-refractivity contribution in [3.8, 4) is 0 Å². The summed E-state index contributed by atoms with van der Waals surface area (Å²) in [6.07, 6.45) is 1.59. The van der Waals surface area contributed by atoms with Crippen LogP contribution in [0.25, 0.3) is 10.1 Å². The molecule has 156 valence electrons. The van der Waals surface area contributed by atoms with Crippen molar-refractivity contribution in [1.29, 1.82) is 0 Å². The summed E-state index contributed by atoms with van der Waals surface area (Å²) in [6, 6.07) is 8.51. The summed E-state index contributed by atoms with van der Waals surface area (Å²) in [5.41, 5.74) is 0.720. The van der Waals surface area contributed by atoms with Gasteiger partial charge < -0.3 is 20.3 Å². The number of hydrogen-bond donors (Lipinski definition) is 2. The van der Waals surface area contributed by atoms with Crippen LogP contribution in [0.15, 0.2) is 29.6 Å². The molecule has 3 heterocycles. The Morgan fingerprint density at radius 1 is 1.24 bits per heavy atom. The monoisotopic (exact) mass is 415 g/mol. The van der Waals surface area contributed by atoms with Crippen LogP contribution in [-0.4, -0.2) is 56.1 Å². The number of thiophene rings is 1. The van der Waals surface area contributed by atoms with Gasteiger partial charge in [-0.25, -0.2) is 0 Å². The Hall–Kier alpha value is -1.96. The number of rotatable bonds is 5. The van der Waals surface area contributed by atoms with Gasteiger partial charge in [0.2, 0.25) is 11.8 Å². The fourth-order valence-corrected chi connectivity index (χ4v) is 4.87. The Kier molecular flexibility index (Phi) is 5.90. The zero-order chi connectivity index (χ0) is 20.4. The smallest absolute Gasteiger partial charge is 0.230 e. The number of likely N-dealkylation sites (tertiary alicyclic amines) is 1. The molecular weight excluding hydrogens is 386 g/mol. The van der Waals surface area contributed by atoms with Crippen LogP contribution < -0.4 is 10.6 Å². The van der Waals surface area contributed by atoms with Gasteiger partial charge in [-0.15, -0.1) is 11.3 Å². The maximum absolute atomic E-state index is 12.8. The maximum atomic E-state index is 12.8. The molecule has 2 fully saturated rings. The second-order valence-electron chi connectivity index (χ2n) is 8.73. The van der Waals surface area contributed by atoms with Gasteiger partial charge in [0.1, 0.15) is 0 Å². The Bertz CT molecular complexity index is 892. The summed E-state index contributed by atoms with van der Waals surface area (Å²) in [4.78, 5) is 27.4. The van der Waals surface area contributed by atoms with E-state index in [1.165, 1.54) is 10.1 Å². The summed E-state index contributed by atoms with van der Waals surface area (Å²) >= 11 is 1.73. The molecule has 2 aromatic rings. The van der Waals surface area contributed by atoms with Crippen molar-refractivity contribution in [2.24, 2.45) is 11.3 Å². The van der Waals surface area contributed by atoms with Gasteiger partial charge in [0.05, 0.1) is 24.5 Å². The molecule has 1 aromatic carbocycles. The van der Waals surface area contributed by atoms with Gasteiger partial charge in [-0.1, -0.05) is 6.07 Å². The Morgan fingerprint density at radius 3 is 2.83 bits per heavy atom. The molecule has 0 spiro atoms. The van der Waals surface area contributed by atoms with Gasteiger partial charge >= 0.3 is 0 Å². The number of fused-ring (bicyclic) bond motifs is 1. The largest absolute Gasteiger partial charge is 0.379 e. The number of likely N-dealkylation sites (N-methyl/N-ethyl adjacent to an activating group) is 1. The van der Waals surface area contributed by atoms with Crippen LogP contribution in [0.1, 0.15) is 25.3 Å². The van der Waals surface area contributed by atoms with Crippen molar-refractivity contribution in [3.05, 3.63) is 35.2 Å². The number of carbonyl (C=O) groups is 2. The van der Waals surface area contributed by atoms with Crippen molar-refractivity contribution in [2.45, 2.75) is 32.4 Å². The minimum Gasteiger partial charge on any atom is -0.379 e. The van der Waals surface area contributed by atoms with E-state index >= 15 is 0 Å². The molecule has 29 heavy (non-hydrogen) atoms. The third-order valence-electron chi connectivity index (χ3n) is 6.01. The molecular formula is C22H29N3O3S. The third kappa shape index (κ3) is 4.63. The molecule has 1 aromatic heterocycles. The van der Waals surface area contributed by atoms with Gasteiger partial charge in [-0.3, -0.25) is 9.59 Å². The standard InChI is InChI=1S/C22H29N3O3S/c1-22(13-28-14-22)21(27)24-18-5-4-17(11-25(2)12-18)20(26)23-10-15-3-6-19-16(9-15)7-8-29-19/h3,6-9,17-18H,4-5,10-14H2,1-2H3,(H,23,26)(H,24,27)/t17-,18+/m1/s1. The van der Waals surface area contributed by atoms with Gasteiger partial charge in [-0.05, 0) is 61.3 Å². The van der Waals surface area contributed by atoms with Crippen molar-refractivity contribution in [1.82, 2.24) is 15.5 Å². The number of benzene rings is 1. The lowest BCUT2D eigenvalue weighted by atomic mass is 9.87. The van der Waals surface area contributed by atoms with Crippen molar-refractivity contribution < 1.29 is 14.3 Å². The van der Waals surface area contributed by atoms with E-state index in [9.17, 15) is 9.59 Å². The van der Waals surface area contributed by atoms with Gasteiger partial charge in [0.25, 0.3) is 0 Å². The van der Waals surface area contributed by atoms with Crippen LogP contribution in [0.2, 0.25) is 0 Å². The number of ether oxygens (including phenoxy) is 1. The molecule has 6 nitrogen and oxygen atoms in total. The molecule has 2 amide bonds. The zero-order valence-corrected chi connectivity index (χ0v) is 17.9. The van der Waals surface area contributed by atoms with Crippen LogP contribution in [0.5, 0.6) is 0 Å². The first-order valence-corrected chi connectivity index (χ1v) is 11.1. The minimum atomic E-state index is -0.398. The normalized spacial score (nSPS) is 24.5. The first-order chi connectivity index (χ1) is 13.9. The third-order valence-corrected chi connectivity index (χ3v) is 6.90. The number of hydrogen-bond acceptors (Lipinski definition) is 5. The van der Waals surface area contributed by atoms with Crippen LogP contribution in [0.4, 0.5) is 0 Å². The summed E-state index contributed by atoms with van der Waals surface area (Å²) < 4.78 is 6.47. The molecule has 0 unspecified atom stereocenters. The molecule has 2 atom stereocenters. The van der Waals surface area contributed by atoms with Crippen molar-refractivity contribution in [2.75, 3.05) is 33.4 Å². The Morgan fingerprint density at radius 2 is 2.07 bits per heavy atom. The first-order valence-electron chi connectivity index (χ1n) is 10.2. The topological polar surface area (TPSA) is 70.7 Å². The van der Waals surface area contributed by atoms with E-state index in [0.717, 1.165) is 24.9 Å².